The third kappa shape index (κ3) is 2.33. The summed E-state index contributed by atoms with van der Waals surface area (Å²) in [5.74, 6) is -0.962. The average Bonchev–Trinajstić information content (AvgIpc) is 3.04. The minimum Gasteiger partial charge on any atom is -0.287 e. The van der Waals surface area contributed by atoms with E-state index in [-0.39, 0.29) is 28.2 Å². The smallest absolute Gasteiger partial charge is 0.287 e. The van der Waals surface area contributed by atoms with Crippen molar-refractivity contribution in [2.75, 3.05) is 0 Å². The maximum absolute atomic E-state index is 12.9. The van der Waals surface area contributed by atoms with Gasteiger partial charge in [-0.3, -0.25) is 9.59 Å². The van der Waals surface area contributed by atoms with Crippen LogP contribution in [-0.4, -0.2) is 26.6 Å². The summed E-state index contributed by atoms with van der Waals surface area (Å²) in [5.41, 5.74) is -0.773. The number of carbonyl (C=O) groups excluding carboxylic acids is 2. The van der Waals surface area contributed by atoms with Crippen molar-refractivity contribution < 1.29 is 22.8 Å². The summed E-state index contributed by atoms with van der Waals surface area (Å²) >= 11 is 5.73. The van der Waals surface area contributed by atoms with E-state index in [0.717, 1.165) is 22.9 Å². The summed E-state index contributed by atoms with van der Waals surface area (Å²) in [6.45, 7) is 0. The molecule has 0 atom stereocenters. The molecule has 0 bridgehead atoms. The second-order valence-electron chi connectivity index (χ2n) is 5.56. The fourth-order valence-electron chi connectivity index (χ4n) is 2.82. The van der Waals surface area contributed by atoms with Crippen molar-refractivity contribution in [3.63, 3.8) is 0 Å². The molecule has 1 aliphatic carbocycles. The van der Waals surface area contributed by atoms with E-state index in [1.54, 1.807) is 12.1 Å². The van der Waals surface area contributed by atoms with Crippen LogP contribution >= 0.6 is 11.6 Å². The Labute approximate surface area is 149 Å². The van der Waals surface area contributed by atoms with Crippen LogP contribution in [0.15, 0.2) is 42.5 Å². The molecule has 0 N–H and O–H groups in total. The van der Waals surface area contributed by atoms with Crippen LogP contribution in [0.2, 0.25) is 5.02 Å². The van der Waals surface area contributed by atoms with Gasteiger partial charge in [-0.15, -0.1) is 5.10 Å². The molecule has 0 aliphatic heterocycles. The van der Waals surface area contributed by atoms with Gasteiger partial charge in [-0.1, -0.05) is 41.1 Å². The number of fused-ring (bicyclic) bond motifs is 2. The molecule has 26 heavy (non-hydrogen) atoms. The third-order valence-electron chi connectivity index (χ3n) is 4.02. The van der Waals surface area contributed by atoms with Gasteiger partial charge in [-0.05, 0) is 18.2 Å². The van der Waals surface area contributed by atoms with Gasteiger partial charge in [0.25, 0.3) is 0 Å². The van der Waals surface area contributed by atoms with E-state index in [0.29, 0.717) is 0 Å². The average molecular weight is 378 g/mol. The SMILES string of the molecule is O=C1c2ccccc2C(=O)c2c1nnn2-c1ccc(C(F)(F)F)c(Cl)c1. The second kappa shape index (κ2) is 5.50. The zero-order valence-electron chi connectivity index (χ0n) is 12.7. The predicted molar refractivity (Wildman–Crippen MR) is 84.7 cm³/mol. The van der Waals surface area contributed by atoms with Gasteiger partial charge in [-0.25, -0.2) is 4.68 Å². The largest absolute Gasteiger partial charge is 0.417 e. The van der Waals surface area contributed by atoms with Gasteiger partial charge in [0.2, 0.25) is 11.6 Å². The molecule has 3 aromatic rings. The Balaban J connectivity index is 1.87. The lowest BCUT2D eigenvalue weighted by atomic mass is 9.90. The maximum Gasteiger partial charge on any atom is 0.417 e. The highest BCUT2D eigenvalue weighted by Crippen LogP contribution is 2.36. The summed E-state index contributed by atoms with van der Waals surface area (Å²) in [6.07, 6.45) is -4.61. The number of nitrogens with zero attached hydrogens (tertiary/aromatic N) is 3. The van der Waals surface area contributed by atoms with Crippen LogP contribution in [0.3, 0.4) is 0 Å². The monoisotopic (exact) mass is 377 g/mol. The lowest BCUT2D eigenvalue weighted by Gasteiger charge is -2.15. The Hall–Kier alpha value is -3.00. The fraction of sp³-hybridized carbons (Fsp3) is 0.0588. The zero-order chi connectivity index (χ0) is 18.6. The third-order valence-corrected chi connectivity index (χ3v) is 4.33. The number of rotatable bonds is 1. The van der Waals surface area contributed by atoms with Crippen molar-refractivity contribution in [1.29, 1.82) is 0 Å². The van der Waals surface area contributed by atoms with Gasteiger partial charge in [0.15, 0.2) is 5.69 Å². The van der Waals surface area contributed by atoms with Crippen LogP contribution < -0.4 is 0 Å². The molecule has 0 saturated heterocycles. The summed E-state index contributed by atoms with van der Waals surface area (Å²) in [7, 11) is 0. The van der Waals surface area contributed by atoms with E-state index in [4.69, 9.17) is 11.6 Å². The molecule has 0 radical (unpaired) electrons. The van der Waals surface area contributed by atoms with E-state index in [1.807, 2.05) is 0 Å². The van der Waals surface area contributed by atoms with Crippen LogP contribution in [0.25, 0.3) is 5.69 Å². The molecule has 9 heteroatoms. The first-order valence-corrected chi connectivity index (χ1v) is 7.68. The van der Waals surface area contributed by atoms with E-state index in [2.05, 4.69) is 10.3 Å². The minimum atomic E-state index is -4.61. The molecular formula is C17H7ClF3N3O2. The molecule has 1 aromatic heterocycles. The molecule has 0 spiro atoms. The summed E-state index contributed by atoms with van der Waals surface area (Å²) in [4.78, 5) is 25.3. The van der Waals surface area contributed by atoms with Crippen LogP contribution in [-0.2, 0) is 6.18 Å². The highest BCUT2D eigenvalue weighted by atomic mass is 35.5. The van der Waals surface area contributed by atoms with Crippen molar-refractivity contribution in [3.05, 3.63) is 75.6 Å². The topological polar surface area (TPSA) is 64.8 Å². The first-order chi connectivity index (χ1) is 12.3. The summed E-state index contributed by atoms with van der Waals surface area (Å²) < 4.78 is 39.6. The molecule has 0 saturated carbocycles. The zero-order valence-corrected chi connectivity index (χ0v) is 13.5. The van der Waals surface area contributed by atoms with Crippen LogP contribution in [0.5, 0.6) is 0 Å². The summed E-state index contributed by atoms with van der Waals surface area (Å²) in [5, 5.41) is 6.96. The van der Waals surface area contributed by atoms with E-state index < -0.39 is 28.3 Å². The van der Waals surface area contributed by atoms with Gasteiger partial charge < -0.3 is 0 Å². The Kier molecular flexibility index (Phi) is 3.48. The number of alkyl halides is 3. The summed E-state index contributed by atoms with van der Waals surface area (Å²) in [6, 6.07) is 9.16. The molecule has 0 amide bonds. The molecule has 0 fully saturated rings. The Morgan fingerprint density at radius 3 is 2.23 bits per heavy atom. The molecule has 130 valence electrons. The number of ketones is 2. The van der Waals surface area contributed by atoms with Gasteiger partial charge in [-0.2, -0.15) is 13.2 Å². The van der Waals surface area contributed by atoms with E-state index in [9.17, 15) is 22.8 Å². The van der Waals surface area contributed by atoms with Crippen molar-refractivity contribution in [2.24, 2.45) is 0 Å². The Morgan fingerprint density at radius 2 is 1.62 bits per heavy atom. The van der Waals surface area contributed by atoms with E-state index in [1.165, 1.54) is 12.1 Å². The fourth-order valence-corrected chi connectivity index (χ4v) is 3.10. The molecule has 0 unspecified atom stereocenters. The van der Waals surface area contributed by atoms with Gasteiger partial charge in [0.1, 0.15) is 5.69 Å². The van der Waals surface area contributed by atoms with Crippen LogP contribution in [0.1, 0.15) is 37.7 Å². The van der Waals surface area contributed by atoms with Crippen molar-refractivity contribution >= 4 is 23.2 Å². The quantitative estimate of drug-likeness (QED) is 0.507. The number of hydrogen-bond acceptors (Lipinski definition) is 4. The van der Waals surface area contributed by atoms with Gasteiger partial charge >= 0.3 is 6.18 Å². The Bertz CT molecular complexity index is 1090. The first-order valence-electron chi connectivity index (χ1n) is 7.30. The molecule has 4 rings (SSSR count). The maximum atomic E-state index is 12.9. The molecule has 1 aliphatic rings. The number of carbonyl (C=O) groups is 2. The normalized spacial score (nSPS) is 13.5. The van der Waals surface area contributed by atoms with Gasteiger partial charge in [0, 0.05) is 11.1 Å². The minimum absolute atomic E-state index is 0.0947. The molecule has 5 nitrogen and oxygen atoms in total. The van der Waals surface area contributed by atoms with Crippen molar-refractivity contribution in [3.8, 4) is 5.69 Å². The lowest BCUT2D eigenvalue weighted by molar-refractivity contribution is -0.137. The number of halogens is 4. The second-order valence-corrected chi connectivity index (χ2v) is 5.97. The van der Waals surface area contributed by atoms with Gasteiger partial charge in [0.05, 0.1) is 16.3 Å². The predicted octanol–water partition coefficient (Wildman–Crippen LogP) is 3.71. The highest BCUT2D eigenvalue weighted by Gasteiger charge is 2.36. The molecular weight excluding hydrogens is 371 g/mol. The van der Waals surface area contributed by atoms with Crippen LogP contribution in [0, 0.1) is 0 Å². The highest BCUT2D eigenvalue weighted by molar-refractivity contribution is 6.31. The number of hydrogen-bond donors (Lipinski definition) is 0. The lowest BCUT2D eigenvalue weighted by Crippen LogP contribution is -2.23. The van der Waals surface area contributed by atoms with Crippen molar-refractivity contribution in [1.82, 2.24) is 15.0 Å². The number of benzene rings is 2. The van der Waals surface area contributed by atoms with Crippen LogP contribution in [0.4, 0.5) is 13.2 Å². The van der Waals surface area contributed by atoms with Crippen molar-refractivity contribution in [2.45, 2.75) is 6.18 Å². The first kappa shape index (κ1) is 16.5. The molecule has 1 heterocycles. The number of aromatic nitrogens is 3. The Morgan fingerprint density at radius 1 is 0.962 bits per heavy atom. The standard InChI is InChI=1S/C17H7ClF3N3O2/c18-12-7-8(5-6-11(12)17(19,20)21)24-14-13(22-23-24)15(25)9-3-1-2-4-10(9)16(14)26/h1-7H. The molecule has 2 aromatic carbocycles. The van der Waals surface area contributed by atoms with E-state index >= 15 is 0 Å².